The first-order valence-electron chi connectivity index (χ1n) is 8.20. The quantitative estimate of drug-likeness (QED) is 0.874. The lowest BCUT2D eigenvalue weighted by Crippen LogP contribution is -2.62. The molecule has 1 N–H and O–H groups in total. The molecule has 0 bridgehead atoms. The van der Waals surface area contributed by atoms with Gasteiger partial charge in [0, 0.05) is 26.7 Å². The molecule has 1 aliphatic carbocycles. The van der Waals surface area contributed by atoms with E-state index in [1.165, 1.54) is 37.6 Å². The van der Waals surface area contributed by atoms with E-state index >= 15 is 0 Å². The van der Waals surface area contributed by atoms with Crippen LogP contribution in [-0.2, 0) is 7.05 Å². The lowest BCUT2D eigenvalue weighted by atomic mass is 9.79. The van der Waals surface area contributed by atoms with Crippen molar-refractivity contribution < 1.29 is 0 Å². The van der Waals surface area contributed by atoms with Crippen LogP contribution in [0.4, 0.5) is 5.95 Å². The second-order valence-corrected chi connectivity index (χ2v) is 6.57. The van der Waals surface area contributed by atoms with Gasteiger partial charge >= 0.3 is 0 Å². The average molecular weight is 284 g/mol. The summed E-state index contributed by atoms with van der Waals surface area (Å²) in [5.74, 6) is 1.15. The summed E-state index contributed by atoms with van der Waals surface area (Å²) in [6, 6.07) is 8.46. The normalized spacial score (nSPS) is 22.0. The predicted molar refractivity (Wildman–Crippen MR) is 86.7 cm³/mol. The molecule has 4 heteroatoms. The lowest BCUT2D eigenvalue weighted by molar-refractivity contribution is 0.237. The van der Waals surface area contributed by atoms with E-state index in [0.29, 0.717) is 0 Å². The summed E-state index contributed by atoms with van der Waals surface area (Å²) >= 11 is 0. The number of aromatic nitrogens is 2. The van der Waals surface area contributed by atoms with Crippen LogP contribution in [-0.4, -0.2) is 34.7 Å². The Kier molecular flexibility index (Phi) is 3.14. The number of aryl methyl sites for hydroxylation is 1. The Morgan fingerprint density at radius 2 is 1.95 bits per heavy atom. The SMILES string of the molecule is Cn1c(N2CCNCC23CCCCC3)nc2ccccc21. The van der Waals surface area contributed by atoms with E-state index in [2.05, 4.69) is 46.1 Å². The molecule has 2 heterocycles. The predicted octanol–water partition coefficient (Wildman–Crippen LogP) is 2.69. The number of nitrogens with one attached hydrogen (secondary N) is 1. The molecule has 1 saturated heterocycles. The molecule has 1 saturated carbocycles. The van der Waals surface area contributed by atoms with Gasteiger partial charge in [0.05, 0.1) is 16.6 Å². The Morgan fingerprint density at radius 3 is 2.76 bits per heavy atom. The molecule has 4 rings (SSSR count). The van der Waals surface area contributed by atoms with E-state index in [4.69, 9.17) is 4.98 Å². The van der Waals surface area contributed by atoms with Crippen molar-refractivity contribution in [3.63, 3.8) is 0 Å². The monoisotopic (exact) mass is 284 g/mol. The smallest absolute Gasteiger partial charge is 0.206 e. The van der Waals surface area contributed by atoms with Crippen LogP contribution < -0.4 is 10.2 Å². The lowest BCUT2D eigenvalue weighted by Gasteiger charge is -2.50. The molecule has 0 unspecified atom stereocenters. The molecule has 2 fully saturated rings. The molecular formula is C17H24N4. The highest BCUT2D eigenvalue weighted by atomic mass is 15.4. The first kappa shape index (κ1) is 13.1. The Hall–Kier alpha value is -1.55. The van der Waals surface area contributed by atoms with Gasteiger partial charge in [-0.05, 0) is 25.0 Å². The number of hydrogen-bond acceptors (Lipinski definition) is 3. The van der Waals surface area contributed by atoms with E-state index in [1.54, 1.807) is 0 Å². The van der Waals surface area contributed by atoms with E-state index in [-0.39, 0.29) is 5.54 Å². The minimum Gasteiger partial charge on any atom is -0.334 e. The van der Waals surface area contributed by atoms with Crippen LogP contribution in [0.25, 0.3) is 11.0 Å². The van der Waals surface area contributed by atoms with Crippen molar-refractivity contribution in [3.8, 4) is 0 Å². The highest BCUT2D eigenvalue weighted by Crippen LogP contribution is 2.37. The summed E-state index contributed by atoms with van der Waals surface area (Å²) in [7, 11) is 2.16. The molecular weight excluding hydrogens is 260 g/mol. The minimum atomic E-state index is 0.283. The summed E-state index contributed by atoms with van der Waals surface area (Å²) in [4.78, 5) is 7.55. The van der Waals surface area contributed by atoms with Gasteiger partial charge in [0.2, 0.25) is 5.95 Å². The third-order valence-electron chi connectivity index (χ3n) is 5.33. The first-order valence-corrected chi connectivity index (χ1v) is 8.20. The van der Waals surface area contributed by atoms with Crippen molar-refractivity contribution in [2.75, 3.05) is 24.5 Å². The second-order valence-electron chi connectivity index (χ2n) is 6.57. The van der Waals surface area contributed by atoms with E-state index < -0.39 is 0 Å². The molecule has 1 spiro atoms. The van der Waals surface area contributed by atoms with Crippen LogP contribution in [0.15, 0.2) is 24.3 Å². The van der Waals surface area contributed by atoms with Crippen LogP contribution in [0.1, 0.15) is 32.1 Å². The van der Waals surface area contributed by atoms with Crippen molar-refractivity contribution in [1.29, 1.82) is 0 Å². The van der Waals surface area contributed by atoms with Gasteiger partial charge in [0.1, 0.15) is 0 Å². The third kappa shape index (κ3) is 2.04. The number of anilines is 1. The van der Waals surface area contributed by atoms with Crippen molar-refractivity contribution >= 4 is 17.0 Å². The van der Waals surface area contributed by atoms with Gasteiger partial charge in [-0.2, -0.15) is 0 Å². The van der Waals surface area contributed by atoms with E-state index in [0.717, 1.165) is 31.1 Å². The number of hydrogen-bond donors (Lipinski definition) is 1. The molecule has 2 aliphatic rings. The largest absolute Gasteiger partial charge is 0.334 e. The van der Waals surface area contributed by atoms with E-state index in [1.807, 2.05) is 0 Å². The molecule has 4 nitrogen and oxygen atoms in total. The summed E-state index contributed by atoms with van der Waals surface area (Å²) in [5, 5.41) is 3.62. The molecule has 1 aromatic heterocycles. The van der Waals surface area contributed by atoms with E-state index in [9.17, 15) is 0 Å². The molecule has 0 amide bonds. The number of nitrogens with zero attached hydrogens (tertiary/aromatic N) is 3. The highest BCUT2D eigenvalue weighted by molar-refractivity contribution is 5.78. The van der Waals surface area contributed by atoms with Gasteiger partial charge in [-0.25, -0.2) is 4.98 Å². The minimum absolute atomic E-state index is 0.283. The van der Waals surface area contributed by atoms with Crippen LogP contribution in [0.5, 0.6) is 0 Å². The number of imidazole rings is 1. The summed E-state index contributed by atoms with van der Waals surface area (Å²) in [6.45, 7) is 3.23. The van der Waals surface area contributed by atoms with Crippen molar-refractivity contribution in [2.45, 2.75) is 37.6 Å². The molecule has 21 heavy (non-hydrogen) atoms. The maximum atomic E-state index is 4.95. The zero-order valence-corrected chi connectivity index (χ0v) is 12.8. The summed E-state index contributed by atoms with van der Waals surface area (Å²) in [6.07, 6.45) is 6.68. The summed E-state index contributed by atoms with van der Waals surface area (Å²) in [5.41, 5.74) is 2.63. The van der Waals surface area contributed by atoms with Crippen LogP contribution >= 0.6 is 0 Å². The van der Waals surface area contributed by atoms with Crippen LogP contribution in [0.2, 0.25) is 0 Å². The van der Waals surface area contributed by atoms with Gasteiger partial charge in [-0.3, -0.25) is 0 Å². The summed E-state index contributed by atoms with van der Waals surface area (Å²) < 4.78 is 2.27. The van der Waals surface area contributed by atoms with Gasteiger partial charge in [0.15, 0.2) is 0 Å². The van der Waals surface area contributed by atoms with Crippen molar-refractivity contribution in [2.24, 2.45) is 7.05 Å². The number of rotatable bonds is 1. The molecule has 0 atom stereocenters. The Bertz CT molecular complexity index is 631. The molecule has 1 aliphatic heterocycles. The van der Waals surface area contributed by atoms with Gasteiger partial charge in [-0.1, -0.05) is 31.4 Å². The Morgan fingerprint density at radius 1 is 1.14 bits per heavy atom. The fourth-order valence-corrected chi connectivity index (χ4v) is 4.19. The number of fused-ring (bicyclic) bond motifs is 1. The van der Waals surface area contributed by atoms with Crippen LogP contribution in [0.3, 0.4) is 0 Å². The maximum absolute atomic E-state index is 4.95. The standard InChI is InChI=1S/C17H24N4/c1-20-15-8-4-3-7-14(15)19-16(20)21-12-11-18-13-17(21)9-5-2-6-10-17/h3-4,7-8,18H,2,5-6,9-13H2,1H3. The van der Waals surface area contributed by atoms with Crippen LogP contribution in [0, 0.1) is 0 Å². The zero-order valence-electron chi connectivity index (χ0n) is 12.8. The first-order chi connectivity index (χ1) is 10.3. The van der Waals surface area contributed by atoms with Gasteiger partial charge < -0.3 is 14.8 Å². The highest BCUT2D eigenvalue weighted by Gasteiger charge is 2.41. The van der Waals surface area contributed by atoms with Gasteiger partial charge in [-0.15, -0.1) is 0 Å². The Labute approximate surface area is 126 Å². The Balaban J connectivity index is 1.79. The van der Waals surface area contributed by atoms with Crippen molar-refractivity contribution in [3.05, 3.63) is 24.3 Å². The topological polar surface area (TPSA) is 33.1 Å². The van der Waals surface area contributed by atoms with Gasteiger partial charge in [0.25, 0.3) is 0 Å². The maximum Gasteiger partial charge on any atom is 0.206 e. The molecule has 0 radical (unpaired) electrons. The fourth-order valence-electron chi connectivity index (χ4n) is 4.19. The number of benzene rings is 1. The fraction of sp³-hybridized carbons (Fsp3) is 0.588. The molecule has 2 aromatic rings. The number of piperazine rings is 1. The third-order valence-corrected chi connectivity index (χ3v) is 5.33. The number of para-hydroxylation sites is 2. The average Bonchev–Trinajstić information content (AvgIpc) is 2.86. The second kappa shape index (κ2) is 5.02. The zero-order chi connectivity index (χ0) is 14.3. The molecule has 1 aromatic carbocycles. The molecule has 112 valence electrons. The van der Waals surface area contributed by atoms with Crippen molar-refractivity contribution in [1.82, 2.24) is 14.9 Å².